The Balaban J connectivity index is 1.49. The van der Waals surface area contributed by atoms with Crippen molar-refractivity contribution in [3.8, 4) is 0 Å². The van der Waals surface area contributed by atoms with Gasteiger partial charge in [-0.2, -0.15) is 0 Å². The summed E-state index contributed by atoms with van der Waals surface area (Å²) in [5, 5.41) is 3.24. The number of benzene rings is 1. The van der Waals surface area contributed by atoms with Crippen LogP contribution < -0.4 is 5.32 Å². The van der Waals surface area contributed by atoms with E-state index in [0.717, 1.165) is 38.9 Å². The highest BCUT2D eigenvalue weighted by Gasteiger charge is 2.35. The Morgan fingerprint density at radius 1 is 1.28 bits per heavy atom. The number of halogens is 2. The molecule has 136 valence electrons. The Hall–Kier alpha value is -1.66. The van der Waals surface area contributed by atoms with Crippen molar-refractivity contribution >= 4 is 23.4 Å². The minimum atomic E-state index is -0.457. The van der Waals surface area contributed by atoms with Crippen molar-refractivity contribution < 1.29 is 14.0 Å². The molecule has 2 amide bonds. The average molecular weight is 368 g/mol. The van der Waals surface area contributed by atoms with Gasteiger partial charge in [-0.15, -0.1) is 0 Å². The number of carbonyl (C=O) groups excluding carboxylic acids is 2. The van der Waals surface area contributed by atoms with Gasteiger partial charge in [0.25, 0.3) is 0 Å². The van der Waals surface area contributed by atoms with Crippen LogP contribution in [-0.2, 0) is 16.0 Å². The number of likely N-dealkylation sites (tertiary alicyclic amines) is 2. The molecule has 1 aromatic rings. The number of likely N-dealkylation sites (N-methyl/N-ethyl adjacent to an activating group) is 1. The zero-order chi connectivity index (χ0) is 18.0. The number of nitrogens with one attached hydrogen (secondary N) is 1. The zero-order valence-electron chi connectivity index (χ0n) is 14.3. The molecule has 1 unspecified atom stereocenters. The van der Waals surface area contributed by atoms with E-state index in [0.29, 0.717) is 0 Å². The van der Waals surface area contributed by atoms with E-state index in [1.165, 1.54) is 12.1 Å². The van der Waals surface area contributed by atoms with Crippen molar-refractivity contribution in [1.82, 2.24) is 15.1 Å². The molecule has 2 saturated heterocycles. The Morgan fingerprint density at radius 3 is 2.60 bits per heavy atom. The number of nitrogens with zero attached hydrogens (tertiary/aromatic N) is 2. The number of hydrogen-bond donors (Lipinski definition) is 1. The molecule has 0 spiro atoms. The maximum Gasteiger partial charge on any atom is 0.239 e. The van der Waals surface area contributed by atoms with Crippen LogP contribution in [0.2, 0.25) is 5.02 Å². The van der Waals surface area contributed by atoms with E-state index in [1.807, 2.05) is 7.05 Å². The second kappa shape index (κ2) is 7.70. The molecule has 2 fully saturated rings. The summed E-state index contributed by atoms with van der Waals surface area (Å²) in [6, 6.07) is 4.46. The second-order valence-electron chi connectivity index (χ2n) is 6.82. The fourth-order valence-electron chi connectivity index (χ4n) is 3.64. The first-order valence-electron chi connectivity index (χ1n) is 8.67. The maximum atomic E-state index is 13.8. The van der Waals surface area contributed by atoms with Crippen LogP contribution in [0, 0.1) is 5.82 Å². The first-order valence-corrected chi connectivity index (χ1v) is 9.05. The summed E-state index contributed by atoms with van der Waals surface area (Å²) in [6.45, 7) is 2.38. The van der Waals surface area contributed by atoms with Gasteiger partial charge in [-0.1, -0.05) is 17.7 Å². The van der Waals surface area contributed by atoms with Crippen molar-refractivity contribution in [3.63, 3.8) is 0 Å². The molecule has 0 radical (unpaired) electrons. The van der Waals surface area contributed by atoms with E-state index in [2.05, 4.69) is 10.2 Å². The van der Waals surface area contributed by atoms with E-state index in [-0.39, 0.29) is 40.9 Å². The van der Waals surface area contributed by atoms with Gasteiger partial charge in [-0.25, -0.2) is 4.39 Å². The van der Waals surface area contributed by atoms with Crippen LogP contribution in [0.3, 0.4) is 0 Å². The molecule has 0 aromatic heterocycles. The van der Waals surface area contributed by atoms with E-state index in [9.17, 15) is 14.0 Å². The van der Waals surface area contributed by atoms with Crippen molar-refractivity contribution in [2.24, 2.45) is 0 Å². The summed E-state index contributed by atoms with van der Waals surface area (Å²) in [7, 11) is 1.84. The van der Waals surface area contributed by atoms with Gasteiger partial charge in [-0.3, -0.25) is 14.5 Å². The summed E-state index contributed by atoms with van der Waals surface area (Å²) in [4.78, 5) is 28.3. The monoisotopic (exact) mass is 367 g/mol. The van der Waals surface area contributed by atoms with Crippen LogP contribution in [0.5, 0.6) is 0 Å². The van der Waals surface area contributed by atoms with Gasteiger partial charge in [0.15, 0.2) is 0 Å². The fourth-order valence-corrected chi connectivity index (χ4v) is 3.87. The number of carbonyl (C=O) groups is 2. The molecular formula is C18H23ClFN3O2. The summed E-state index contributed by atoms with van der Waals surface area (Å²) in [6.07, 6.45) is 2.41. The number of hydrogen-bond acceptors (Lipinski definition) is 3. The van der Waals surface area contributed by atoms with Gasteiger partial charge in [0.1, 0.15) is 5.82 Å². The van der Waals surface area contributed by atoms with E-state index < -0.39 is 5.82 Å². The molecule has 0 saturated carbocycles. The minimum absolute atomic E-state index is 0.0149. The Labute approximate surface area is 152 Å². The summed E-state index contributed by atoms with van der Waals surface area (Å²) in [5.41, 5.74) is 0.235. The predicted octanol–water partition coefficient (Wildman–Crippen LogP) is 1.83. The molecule has 1 aromatic carbocycles. The van der Waals surface area contributed by atoms with Gasteiger partial charge >= 0.3 is 0 Å². The third-order valence-electron chi connectivity index (χ3n) is 5.13. The van der Waals surface area contributed by atoms with Crippen molar-refractivity contribution in [2.45, 2.75) is 37.8 Å². The molecule has 3 rings (SSSR count). The highest BCUT2D eigenvalue weighted by atomic mass is 35.5. The van der Waals surface area contributed by atoms with E-state index >= 15 is 0 Å². The lowest BCUT2D eigenvalue weighted by molar-refractivity contribution is -0.131. The molecule has 1 N–H and O–H groups in total. The molecule has 2 aliphatic heterocycles. The van der Waals surface area contributed by atoms with Gasteiger partial charge in [0.05, 0.1) is 12.5 Å². The number of rotatable bonds is 4. The van der Waals surface area contributed by atoms with Crippen LogP contribution >= 0.6 is 11.6 Å². The van der Waals surface area contributed by atoms with Gasteiger partial charge in [-0.05, 0) is 31.4 Å². The molecule has 2 heterocycles. The third kappa shape index (κ3) is 4.12. The summed E-state index contributed by atoms with van der Waals surface area (Å²) >= 11 is 5.97. The van der Waals surface area contributed by atoms with E-state index in [4.69, 9.17) is 11.6 Å². The average Bonchev–Trinajstić information content (AvgIpc) is 2.91. The molecular weight excluding hydrogens is 345 g/mol. The molecule has 2 aliphatic rings. The lowest BCUT2D eigenvalue weighted by Gasteiger charge is -2.35. The Bertz CT molecular complexity index is 641. The fraction of sp³-hybridized carbons (Fsp3) is 0.556. The lowest BCUT2D eigenvalue weighted by Crippen LogP contribution is -2.50. The Kier molecular flexibility index (Phi) is 5.59. The van der Waals surface area contributed by atoms with Crippen LogP contribution in [0.15, 0.2) is 18.2 Å². The van der Waals surface area contributed by atoms with Crippen molar-refractivity contribution in [2.75, 3.05) is 26.7 Å². The van der Waals surface area contributed by atoms with Gasteiger partial charge in [0, 0.05) is 43.3 Å². The predicted molar refractivity (Wildman–Crippen MR) is 93.9 cm³/mol. The second-order valence-corrected chi connectivity index (χ2v) is 7.23. The third-order valence-corrected chi connectivity index (χ3v) is 5.49. The summed E-state index contributed by atoms with van der Waals surface area (Å²) < 4.78 is 13.8. The van der Waals surface area contributed by atoms with Gasteiger partial charge < -0.3 is 10.2 Å². The molecule has 0 aliphatic carbocycles. The SMILES string of the molecule is CN1CCC(N2CCC(NC(=O)Cc3c(F)cccc3Cl)CC2)C1=O. The number of amides is 2. The smallest absolute Gasteiger partial charge is 0.239 e. The first kappa shape index (κ1) is 18.1. The minimum Gasteiger partial charge on any atom is -0.353 e. The topological polar surface area (TPSA) is 52.6 Å². The highest BCUT2D eigenvalue weighted by molar-refractivity contribution is 6.31. The quantitative estimate of drug-likeness (QED) is 0.883. The lowest BCUT2D eigenvalue weighted by atomic mass is 10.0. The normalized spacial score (nSPS) is 22.4. The highest BCUT2D eigenvalue weighted by Crippen LogP contribution is 2.22. The van der Waals surface area contributed by atoms with Crippen LogP contribution in [0.1, 0.15) is 24.8 Å². The summed E-state index contributed by atoms with van der Waals surface area (Å²) in [5.74, 6) is -0.486. The number of piperidine rings is 1. The first-order chi connectivity index (χ1) is 12.0. The van der Waals surface area contributed by atoms with Gasteiger partial charge in [0.2, 0.25) is 11.8 Å². The van der Waals surface area contributed by atoms with Crippen molar-refractivity contribution in [3.05, 3.63) is 34.6 Å². The molecule has 5 nitrogen and oxygen atoms in total. The standard InChI is InChI=1S/C18H23ClFN3O2/c1-22-8-7-16(18(22)25)23-9-5-12(6-10-23)21-17(24)11-13-14(19)3-2-4-15(13)20/h2-4,12,16H,5-11H2,1H3,(H,21,24). The molecule has 25 heavy (non-hydrogen) atoms. The largest absolute Gasteiger partial charge is 0.353 e. The molecule has 0 bridgehead atoms. The van der Waals surface area contributed by atoms with Crippen LogP contribution in [0.4, 0.5) is 4.39 Å². The van der Waals surface area contributed by atoms with Crippen LogP contribution in [-0.4, -0.2) is 60.4 Å². The molecule has 7 heteroatoms. The maximum absolute atomic E-state index is 13.8. The van der Waals surface area contributed by atoms with Crippen LogP contribution in [0.25, 0.3) is 0 Å². The zero-order valence-corrected chi connectivity index (χ0v) is 15.1. The van der Waals surface area contributed by atoms with E-state index in [1.54, 1.807) is 11.0 Å². The van der Waals surface area contributed by atoms with Crippen molar-refractivity contribution in [1.29, 1.82) is 0 Å². The molecule has 1 atom stereocenters. The Morgan fingerprint density at radius 2 is 2.00 bits per heavy atom.